The van der Waals surface area contributed by atoms with E-state index in [1.54, 1.807) is 12.5 Å². The van der Waals surface area contributed by atoms with E-state index in [2.05, 4.69) is 5.32 Å². The van der Waals surface area contributed by atoms with Crippen LogP contribution in [-0.2, 0) is 16.3 Å². The predicted molar refractivity (Wildman–Crippen MR) is 66.7 cm³/mol. The summed E-state index contributed by atoms with van der Waals surface area (Å²) in [5, 5.41) is 2.89. The molecule has 0 aliphatic carbocycles. The van der Waals surface area contributed by atoms with Crippen LogP contribution in [0.1, 0.15) is 24.8 Å². The number of nitrogens with one attached hydrogen (secondary N) is 1. The van der Waals surface area contributed by atoms with Gasteiger partial charge in [-0.05, 0) is 37.9 Å². The van der Waals surface area contributed by atoms with Crippen molar-refractivity contribution in [2.24, 2.45) is 0 Å². The van der Waals surface area contributed by atoms with E-state index in [0.29, 0.717) is 12.2 Å². The average molecular weight is 257 g/mol. The van der Waals surface area contributed by atoms with Gasteiger partial charge in [-0.2, -0.15) is 0 Å². The smallest absolute Gasteiger partial charge is 0.154 e. The Morgan fingerprint density at radius 3 is 2.94 bits per heavy atom. The number of furan rings is 1. The van der Waals surface area contributed by atoms with Gasteiger partial charge in [-0.15, -0.1) is 0 Å². The van der Waals surface area contributed by atoms with E-state index in [1.165, 1.54) is 0 Å². The molecule has 1 aliphatic rings. The molecule has 1 aliphatic heterocycles. The first kappa shape index (κ1) is 12.6. The molecular formula is C12H19NO3S. The summed E-state index contributed by atoms with van der Waals surface area (Å²) in [6.07, 6.45) is 6.59. The topological polar surface area (TPSA) is 59.3 Å². The molecule has 2 rings (SSSR count). The van der Waals surface area contributed by atoms with Gasteiger partial charge in [-0.1, -0.05) is 6.42 Å². The summed E-state index contributed by atoms with van der Waals surface area (Å²) >= 11 is 0. The molecule has 1 N–H and O–H groups in total. The maximum absolute atomic E-state index is 12.0. The van der Waals surface area contributed by atoms with Crippen molar-refractivity contribution in [1.82, 2.24) is 5.32 Å². The Morgan fingerprint density at radius 1 is 1.53 bits per heavy atom. The first-order valence-corrected chi connectivity index (χ1v) is 7.75. The highest BCUT2D eigenvalue weighted by atomic mass is 32.2. The molecule has 0 saturated carbocycles. The molecule has 2 unspecified atom stereocenters. The summed E-state index contributed by atoms with van der Waals surface area (Å²) < 4.78 is 29.1. The van der Waals surface area contributed by atoms with E-state index in [-0.39, 0.29) is 11.3 Å². The second-order valence-electron chi connectivity index (χ2n) is 4.63. The van der Waals surface area contributed by atoms with Crippen molar-refractivity contribution in [1.29, 1.82) is 0 Å². The number of hydrogen-bond acceptors (Lipinski definition) is 4. The monoisotopic (exact) mass is 257 g/mol. The van der Waals surface area contributed by atoms with Crippen LogP contribution in [0.5, 0.6) is 0 Å². The summed E-state index contributed by atoms with van der Waals surface area (Å²) in [6, 6.07) is 1.87. The normalized spacial score (nSPS) is 25.6. The van der Waals surface area contributed by atoms with Crippen LogP contribution in [0.2, 0.25) is 0 Å². The molecular weight excluding hydrogens is 238 g/mol. The molecule has 0 radical (unpaired) electrons. The van der Waals surface area contributed by atoms with Crippen molar-refractivity contribution in [2.75, 3.05) is 12.8 Å². The minimum absolute atomic E-state index is 0.0158. The lowest BCUT2D eigenvalue weighted by Crippen LogP contribution is -2.46. The van der Waals surface area contributed by atoms with Crippen molar-refractivity contribution in [3.8, 4) is 0 Å². The van der Waals surface area contributed by atoms with Crippen LogP contribution in [0, 0.1) is 0 Å². The van der Waals surface area contributed by atoms with Crippen molar-refractivity contribution in [3.63, 3.8) is 0 Å². The lowest BCUT2D eigenvalue weighted by molar-refractivity contribution is 0.454. The van der Waals surface area contributed by atoms with Crippen molar-refractivity contribution >= 4 is 9.84 Å². The zero-order chi connectivity index (χ0) is 12.3. The molecule has 1 aromatic heterocycles. The van der Waals surface area contributed by atoms with Gasteiger partial charge < -0.3 is 9.73 Å². The Labute approximate surface area is 102 Å². The highest BCUT2D eigenvalue weighted by Crippen LogP contribution is 2.24. The van der Waals surface area contributed by atoms with Gasteiger partial charge in [0.05, 0.1) is 23.5 Å². The lowest BCUT2D eigenvalue weighted by Gasteiger charge is -2.29. The Bertz CT molecular complexity index is 438. The molecule has 0 aromatic carbocycles. The van der Waals surface area contributed by atoms with Crippen LogP contribution in [0.25, 0.3) is 0 Å². The predicted octanol–water partition coefficient (Wildman–Crippen LogP) is 1.38. The van der Waals surface area contributed by atoms with Gasteiger partial charge in [0.2, 0.25) is 0 Å². The standard InChI is InChI=1S/C12H19NO3S/c1-13-11(8-10-5-6-16-9-10)12-4-2-3-7-17(12,14)15/h5-6,9,11-13H,2-4,7-8H2,1H3. The largest absolute Gasteiger partial charge is 0.472 e. The van der Waals surface area contributed by atoms with Crippen molar-refractivity contribution in [2.45, 2.75) is 37.0 Å². The molecule has 1 fully saturated rings. The molecule has 0 spiro atoms. The van der Waals surface area contributed by atoms with Gasteiger partial charge in [-0.3, -0.25) is 0 Å². The van der Waals surface area contributed by atoms with Gasteiger partial charge in [0, 0.05) is 6.04 Å². The Kier molecular flexibility index (Phi) is 3.89. The molecule has 5 heteroatoms. The summed E-state index contributed by atoms with van der Waals surface area (Å²) in [4.78, 5) is 0. The summed E-state index contributed by atoms with van der Waals surface area (Å²) in [5.41, 5.74) is 1.05. The molecule has 0 bridgehead atoms. The van der Waals surface area contributed by atoms with E-state index in [4.69, 9.17) is 4.42 Å². The van der Waals surface area contributed by atoms with Gasteiger partial charge in [0.15, 0.2) is 9.84 Å². The van der Waals surface area contributed by atoms with E-state index in [1.807, 2.05) is 13.1 Å². The SMILES string of the molecule is CNC(Cc1ccoc1)C1CCCCS1(=O)=O. The average Bonchev–Trinajstić information content (AvgIpc) is 2.79. The van der Waals surface area contributed by atoms with Gasteiger partial charge in [-0.25, -0.2) is 8.42 Å². The first-order chi connectivity index (χ1) is 8.13. The molecule has 96 valence electrons. The molecule has 17 heavy (non-hydrogen) atoms. The van der Waals surface area contributed by atoms with Gasteiger partial charge in [0.25, 0.3) is 0 Å². The fourth-order valence-corrected chi connectivity index (χ4v) is 4.68. The van der Waals surface area contributed by atoms with Gasteiger partial charge >= 0.3 is 0 Å². The van der Waals surface area contributed by atoms with Gasteiger partial charge in [0.1, 0.15) is 0 Å². The van der Waals surface area contributed by atoms with E-state index in [9.17, 15) is 8.42 Å². The quantitative estimate of drug-likeness (QED) is 0.885. The maximum atomic E-state index is 12.0. The Hall–Kier alpha value is -0.810. The fourth-order valence-electron chi connectivity index (χ4n) is 2.51. The van der Waals surface area contributed by atoms with Crippen LogP contribution in [0.3, 0.4) is 0 Å². The minimum Gasteiger partial charge on any atom is -0.472 e. The third kappa shape index (κ3) is 2.90. The van der Waals surface area contributed by atoms with Crippen molar-refractivity contribution in [3.05, 3.63) is 24.2 Å². The molecule has 1 aromatic rings. The van der Waals surface area contributed by atoms with E-state index >= 15 is 0 Å². The zero-order valence-electron chi connectivity index (χ0n) is 10.1. The molecule has 0 amide bonds. The second kappa shape index (κ2) is 5.23. The molecule has 4 nitrogen and oxygen atoms in total. The van der Waals surface area contributed by atoms with Crippen molar-refractivity contribution < 1.29 is 12.8 Å². The number of sulfone groups is 1. The molecule has 2 heterocycles. The number of likely N-dealkylation sites (N-methyl/N-ethyl adjacent to an activating group) is 1. The number of rotatable bonds is 4. The third-order valence-corrected chi connectivity index (χ3v) is 5.83. The van der Waals surface area contributed by atoms with E-state index < -0.39 is 9.84 Å². The number of hydrogen-bond donors (Lipinski definition) is 1. The van der Waals surface area contributed by atoms with Crippen LogP contribution in [0.4, 0.5) is 0 Å². The Balaban J connectivity index is 2.12. The summed E-state index contributed by atoms with van der Waals surface area (Å²) in [5.74, 6) is 0.335. The zero-order valence-corrected chi connectivity index (χ0v) is 10.9. The minimum atomic E-state index is -2.93. The lowest BCUT2D eigenvalue weighted by atomic mass is 10.0. The second-order valence-corrected chi connectivity index (χ2v) is 6.97. The fraction of sp³-hybridized carbons (Fsp3) is 0.667. The molecule has 1 saturated heterocycles. The van der Waals surface area contributed by atoms with E-state index in [0.717, 1.165) is 24.8 Å². The van der Waals surface area contributed by atoms with Crippen LogP contribution >= 0.6 is 0 Å². The van der Waals surface area contributed by atoms with Crippen LogP contribution in [-0.4, -0.2) is 32.5 Å². The maximum Gasteiger partial charge on any atom is 0.154 e. The first-order valence-electron chi connectivity index (χ1n) is 6.03. The Morgan fingerprint density at radius 2 is 2.35 bits per heavy atom. The highest BCUT2D eigenvalue weighted by Gasteiger charge is 2.34. The van der Waals surface area contributed by atoms with Crippen LogP contribution in [0.15, 0.2) is 23.0 Å². The summed E-state index contributed by atoms with van der Waals surface area (Å²) in [7, 11) is -1.10. The van der Waals surface area contributed by atoms with Crippen LogP contribution < -0.4 is 5.32 Å². The summed E-state index contributed by atoms with van der Waals surface area (Å²) in [6.45, 7) is 0. The molecule has 2 atom stereocenters. The third-order valence-electron chi connectivity index (χ3n) is 3.48. The highest BCUT2D eigenvalue weighted by molar-refractivity contribution is 7.92.